The molecule has 4 aromatic carbocycles. The van der Waals surface area contributed by atoms with Crippen LogP contribution in [0.2, 0.25) is 0 Å². The van der Waals surface area contributed by atoms with Crippen LogP contribution in [0.4, 0.5) is 11.4 Å². The lowest BCUT2D eigenvalue weighted by atomic mass is 9.74. The maximum absolute atomic E-state index is 10.3. The predicted molar refractivity (Wildman–Crippen MR) is 353 cm³/mol. The zero-order valence-corrected chi connectivity index (χ0v) is 53.2. The summed E-state index contributed by atoms with van der Waals surface area (Å²) in [6, 6.07) is 42.2. The summed E-state index contributed by atoms with van der Waals surface area (Å²) in [4.78, 5) is 6.67. The van der Waals surface area contributed by atoms with Crippen molar-refractivity contribution in [1.82, 2.24) is 0 Å². The lowest BCUT2D eigenvalue weighted by molar-refractivity contribution is 0.0749. The Kier molecular flexibility index (Phi) is 21.0. The van der Waals surface area contributed by atoms with E-state index in [9.17, 15) is 31.6 Å². The molecule has 14 heteroatoms. The van der Waals surface area contributed by atoms with Crippen LogP contribution in [0.5, 0.6) is 0 Å². The molecule has 2 unspecified atom stereocenters. The fourth-order valence-corrected chi connectivity index (χ4v) is 12.2. The maximum Gasteiger partial charge on any atom is 0.172 e. The minimum Gasteiger partial charge on any atom is -0.474 e. The molecule has 85 heavy (non-hydrogen) atoms. The molecule has 0 saturated carbocycles. The first kappa shape index (κ1) is 64.4. The molecule has 2 heterocycles. The molecule has 0 radical (unpaired) electrons. The van der Waals surface area contributed by atoms with Gasteiger partial charge < -0.3 is 19.3 Å². The average molecular weight is 1200 g/mol. The van der Waals surface area contributed by atoms with Crippen LogP contribution in [-0.4, -0.2) is 25.5 Å². The Balaban J connectivity index is 0.000000244. The first-order valence-electron chi connectivity index (χ1n) is 28.1. The van der Waals surface area contributed by atoms with Crippen molar-refractivity contribution in [2.24, 2.45) is 10.8 Å². The van der Waals surface area contributed by atoms with E-state index in [-0.39, 0.29) is 44.6 Å². The SMILES string of the molecule is CCN(CC)c1ccc(/C=C/C2=CC(=C/C3=C(C#N)C(=C(C#N)C#N)OC3(C)c3ccc(S)c(S)c3)/CC(C)(C)C2)cc1.CCN(CS)c1ccc(/C=C/C2=CC(=C/C3=C(C#N)C(=C(C#N)C#N)OC3(C)c3ccc(S)cc3)/CC(C)(C)C2)cc1. The van der Waals surface area contributed by atoms with Gasteiger partial charge in [0.05, 0.1) is 5.88 Å². The molecule has 0 fully saturated rings. The number of thiol groups is 4. The summed E-state index contributed by atoms with van der Waals surface area (Å²) in [5, 5.41) is 59.1. The van der Waals surface area contributed by atoms with Crippen LogP contribution in [0.25, 0.3) is 12.2 Å². The summed E-state index contributed by atoms with van der Waals surface area (Å²) in [6.45, 7) is 21.9. The third kappa shape index (κ3) is 14.8. The Morgan fingerprint density at radius 3 is 1.28 bits per heavy atom. The van der Waals surface area contributed by atoms with Crippen LogP contribution in [0.3, 0.4) is 0 Å². The molecule has 8 rings (SSSR count). The predicted octanol–water partition coefficient (Wildman–Crippen LogP) is 17.3. The van der Waals surface area contributed by atoms with Gasteiger partial charge in [0.15, 0.2) is 33.9 Å². The zero-order valence-electron chi connectivity index (χ0n) is 49.6. The molecule has 0 bridgehead atoms. The van der Waals surface area contributed by atoms with E-state index in [0.29, 0.717) is 26.8 Å². The lowest BCUT2D eigenvalue weighted by Crippen LogP contribution is -2.24. The minimum absolute atomic E-state index is 0.00448. The van der Waals surface area contributed by atoms with Crippen molar-refractivity contribution in [3.05, 3.63) is 217 Å². The Morgan fingerprint density at radius 2 is 0.906 bits per heavy atom. The highest BCUT2D eigenvalue weighted by Gasteiger charge is 2.46. The molecule has 0 N–H and O–H groups in total. The summed E-state index contributed by atoms with van der Waals surface area (Å²) in [5.41, 5.74) is 9.52. The average Bonchev–Trinajstić information content (AvgIpc) is 2.00. The number of nitriles is 6. The van der Waals surface area contributed by atoms with Gasteiger partial charge in [-0.25, -0.2) is 0 Å². The number of ether oxygens (including phenoxy) is 2. The quantitative estimate of drug-likeness (QED) is 0.0542. The highest BCUT2D eigenvalue weighted by atomic mass is 32.1. The van der Waals surface area contributed by atoms with Crippen molar-refractivity contribution < 1.29 is 9.47 Å². The second-order valence-corrected chi connectivity index (χ2v) is 24.9. The summed E-state index contributed by atoms with van der Waals surface area (Å²) in [5.74, 6) is 0.696. The monoisotopic (exact) mass is 1190 g/mol. The Hall–Kier alpha value is -8.18. The second-order valence-electron chi connectivity index (χ2n) is 23.1. The van der Waals surface area contributed by atoms with Gasteiger partial charge in [-0.1, -0.05) is 107 Å². The van der Waals surface area contributed by atoms with E-state index in [2.05, 4.69) is 206 Å². The van der Waals surface area contributed by atoms with Crippen LogP contribution in [0.15, 0.2) is 209 Å². The van der Waals surface area contributed by atoms with Crippen LogP contribution >= 0.6 is 50.5 Å². The van der Waals surface area contributed by atoms with Gasteiger partial charge in [-0.05, 0) is 171 Å². The van der Waals surface area contributed by atoms with E-state index in [1.165, 1.54) is 16.8 Å². The van der Waals surface area contributed by atoms with Gasteiger partial charge in [-0.15, -0.1) is 37.9 Å². The Morgan fingerprint density at radius 1 is 0.506 bits per heavy atom. The van der Waals surface area contributed by atoms with Gasteiger partial charge >= 0.3 is 0 Å². The fourth-order valence-electron chi connectivity index (χ4n) is 11.4. The van der Waals surface area contributed by atoms with Crippen LogP contribution < -0.4 is 9.80 Å². The molecule has 4 aliphatic rings. The van der Waals surface area contributed by atoms with E-state index in [1.54, 1.807) is 0 Å². The third-order valence-corrected chi connectivity index (χ3v) is 17.2. The second kappa shape index (κ2) is 27.7. The fraction of sp³-hybridized carbons (Fsp3) is 0.296. The van der Waals surface area contributed by atoms with Crippen LogP contribution in [0.1, 0.15) is 110 Å². The van der Waals surface area contributed by atoms with Gasteiger partial charge in [0.2, 0.25) is 0 Å². The molecule has 2 atom stereocenters. The molecular weight excluding hydrogens is 1130 g/mol. The summed E-state index contributed by atoms with van der Waals surface area (Å²) < 4.78 is 12.7. The third-order valence-electron chi connectivity index (χ3n) is 15.6. The highest BCUT2D eigenvalue weighted by Crippen LogP contribution is 2.51. The van der Waals surface area contributed by atoms with E-state index in [4.69, 9.17) is 9.47 Å². The molecule has 2 aliphatic heterocycles. The Bertz CT molecular complexity index is 3810. The van der Waals surface area contributed by atoms with Crippen molar-refractivity contribution in [2.45, 2.75) is 114 Å². The van der Waals surface area contributed by atoms with Crippen molar-refractivity contribution in [2.75, 3.05) is 35.3 Å². The molecule has 0 spiro atoms. The molecule has 0 aromatic heterocycles. The Labute approximate surface area is 525 Å². The largest absolute Gasteiger partial charge is 0.474 e. The molecule has 10 nitrogen and oxygen atoms in total. The summed E-state index contributed by atoms with van der Waals surface area (Å²) in [6.07, 6.45) is 20.3. The van der Waals surface area contributed by atoms with Gasteiger partial charge in [0.25, 0.3) is 0 Å². The molecular formula is C71H70N8O2S4. The number of allylic oxidation sites excluding steroid dienone is 12. The van der Waals surface area contributed by atoms with Crippen LogP contribution in [0, 0.1) is 78.8 Å². The van der Waals surface area contributed by atoms with Gasteiger partial charge in [0, 0.05) is 62.4 Å². The van der Waals surface area contributed by atoms with Gasteiger partial charge in [-0.2, -0.15) is 44.2 Å². The van der Waals surface area contributed by atoms with Crippen molar-refractivity contribution >= 4 is 74.0 Å². The smallest absolute Gasteiger partial charge is 0.172 e. The standard InChI is InChI=1S/C36H36N4OS2.C35H34N4OS2/c1-6-40(7-2)29-13-10-24(11-14-29)8-9-25-16-26(20-35(3,4)19-25)17-31-30(23-39)34(27(21-37)22-38)41-36(31,5)28-12-15-32(42)33(43)18-28;1-5-39(23-41)29-12-8-24(9-13-29)6-7-25-16-26(19-34(2,3)18-25)17-32-31(22-38)33(27(20-36)21-37)40-35(32,4)28-10-14-30(42)15-11-28/h8-18,42-43H,6-7,19-20H2,1-5H3;6-17,41-42H,5,18-19,23H2,1-4H3/b9-8+,26-17-;7-6+,26-17-. The molecule has 4 aromatic rings. The van der Waals surface area contributed by atoms with Gasteiger partial charge in [-0.3, -0.25) is 0 Å². The maximum atomic E-state index is 10.3. The zero-order chi connectivity index (χ0) is 61.9. The van der Waals surface area contributed by atoms with E-state index >= 15 is 0 Å². The van der Waals surface area contributed by atoms with Crippen LogP contribution in [-0.2, 0) is 20.7 Å². The number of benzene rings is 4. The number of hydrogen-bond acceptors (Lipinski definition) is 14. The number of rotatable bonds is 14. The van der Waals surface area contributed by atoms with E-state index in [1.807, 2.05) is 92.7 Å². The molecule has 2 aliphatic carbocycles. The van der Waals surface area contributed by atoms with E-state index in [0.717, 1.165) is 89.3 Å². The van der Waals surface area contributed by atoms with E-state index < -0.39 is 11.2 Å². The van der Waals surface area contributed by atoms with Crippen molar-refractivity contribution in [1.29, 1.82) is 31.6 Å². The van der Waals surface area contributed by atoms with Crippen molar-refractivity contribution in [3.63, 3.8) is 0 Å². The normalized spacial score (nSPS) is 20.4. The molecule has 0 amide bonds. The molecule has 430 valence electrons. The van der Waals surface area contributed by atoms with Gasteiger partial charge in [0.1, 0.15) is 47.6 Å². The first-order chi connectivity index (χ1) is 40.5. The summed E-state index contributed by atoms with van der Waals surface area (Å²) in [7, 11) is 0. The first-order valence-corrected chi connectivity index (χ1v) is 30.1. The highest BCUT2D eigenvalue weighted by molar-refractivity contribution is 7.83. The number of hydrogen-bond donors (Lipinski definition) is 4. The van der Waals surface area contributed by atoms with Crippen molar-refractivity contribution in [3.8, 4) is 36.4 Å². The lowest BCUT2D eigenvalue weighted by Gasteiger charge is -2.32. The molecule has 0 saturated heterocycles. The topological polar surface area (TPSA) is 168 Å². The summed E-state index contributed by atoms with van der Waals surface area (Å²) >= 11 is 17.8. The number of nitrogens with zero attached hydrogens (tertiary/aromatic N) is 8. The minimum atomic E-state index is -1.12. The number of anilines is 2.